The fourth-order valence-electron chi connectivity index (χ4n) is 1.53. The maximum atomic E-state index is 11.5. The van der Waals surface area contributed by atoms with Gasteiger partial charge in [-0.15, -0.1) is 11.3 Å². The molecule has 3 N–H and O–H groups in total. The van der Waals surface area contributed by atoms with Crippen molar-refractivity contribution in [3.05, 3.63) is 40.8 Å². The van der Waals surface area contributed by atoms with Crippen molar-refractivity contribution in [3.8, 4) is 5.75 Å². The second kappa shape index (κ2) is 5.50. The monoisotopic (exact) mass is 263 g/mol. The first-order valence-corrected chi connectivity index (χ1v) is 6.17. The molecule has 0 aliphatic rings. The number of carbonyl (C=O) groups excluding carboxylic acids is 1. The molecule has 1 heterocycles. The lowest BCUT2D eigenvalue weighted by atomic mass is 10.2. The predicted molar refractivity (Wildman–Crippen MR) is 70.7 cm³/mol. The van der Waals surface area contributed by atoms with Gasteiger partial charge in [-0.1, -0.05) is 6.07 Å². The Morgan fingerprint density at radius 1 is 1.56 bits per heavy atom. The van der Waals surface area contributed by atoms with Gasteiger partial charge >= 0.3 is 0 Å². The van der Waals surface area contributed by atoms with E-state index >= 15 is 0 Å². The Hall–Kier alpha value is -2.08. The molecule has 0 bridgehead atoms. The van der Waals surface area contributed by atoms with Gasteiger partial charge in [0.1, 0.15) is 11.8 Å². The Bertz CT molecular complexity index is 528. The van der Waals surface area contributed by atoms with E-state index < -0.39 is 11.9 Å². The Labute approximate surface area is 109 Å². The number of ether oxygens (including phenoxy) is 1. The molecule has 5 nitrogen and oxygen atoms in total. The third-order valence-corrected chi connectivity index (χ3v) is 3.24. The highest BCUT2D eigenvalue weighted by atomic mass is 32.1. The van der Waals surface area contributed by atoms with E-state index in [0.29, 0.717) is 5.75 Å². The van der Waals surface area contributed by atoms with Gasteiger partial charge in [0, 0.05) is 18.0 Å². The van der Waals surface area contributed by atoms with Crippen LogP contribution in [-0.2, 0) is 4.79 Å². The lowest BCUT2D eigenvalue weighted by Gasteiger charge is -2.15. The first kappa shape index (κ1) is 12.4. The zero-order chi connectivity index (χ0) is 13.0. The van der Waals surface area contributed by atoms with Gasteiger partial charge in [-0.05, 0) is 12.1 Å². The minimum atomic E-state index is -0.579. The number of carbonyl (C=O) groups is 1. The van der Waals surface area contributed by atoms with Crippen LogP contribution in [-0.4, -0.2) is 18.0 Å². The molecule has 1 aromatic heterocycles. The van der Waals surface area contributed by atoms with Crippen LogP contribution < -0.4 is 15.8 Å². The molecule has 1 amide bonds. The number of nitrogens with one attached hydrogen (secondary N) is 1. The lowest BCUT2D eigenvalue weighted by Crippen LogP contribution is -2.27. The van der Waals surface area contributed by atoms with Crippen LogP contribution in [0.15, 0.2) is 36.0 Å². The molecule has 0 aliphatic heterocycles. The van der Waals surface area contributed by atoms with Crippen molar-refractivity contribution >= 4 is 22.9 Å². The smallest absolute Gasteiger partial charge is 0.245 e. The van der Waals surface area contributed by atoms with Gasteiger partial charge < -0.3 is 15.8 Å². The maximum absolute atomic E-state index is 11.5. The van der Waals surface area contributed by atoms with Crippen LogP contribution in [0.4, 0.5) is 5.69 Å². The SMILES string of the molecule is COc1cccc(NC(C(N)=O)c2cncs2)c1. The molecule has 18 heavy (non-hydrogen) atoms. The zero-order valence-corrected chi connectivity index (χ0v) is 10.6. The number of hydrogen-bond donors (Lipinski definition) is 2. The number of nitrogens with two attached hydrogens (primary N) is 1. The normalized spacial score (nSPS) is 11.8. The van der Waals surface area contributed by atoms with E-state index in [1.807, 2.05) is 18.2 Å². The van der Waals surface area contributed by atoms with Crippen molar-refractivity contribution in [1.29, 1.82) is 0 Å². The van der Waals surface area contributed by atoms with Crippen LogP contribution >= 0.6 is 11.3 Å². The molecule has 6 heteroatoms. The second-order valence-corrected chi connectivity index (χ2v) is 4.53. The van der Waals surface area contributed by atoms with E-state index in [-0.39, 0.29) is 0 Å². The first-order chi connectivity index (χ1) is 8.70. The van der Waals surface area contributed by atoms with Crippen LogP contribution in [0.3, 0.4) is 0 Å². The molecule has 2 rings (SSSR count). The molecule has 0 fully saturated rings. The van der Waals surface area contributed by atoms with Crippen LogP contribution in [0, 0.1) is 0 Å². The molecule has 0 saturated carbocycles. The maximum Gasteiger partial charge on any atom is 0.245 e. The van der Waals surface area contributed by atoms with E-state index in [9.17, 15) is 4.79 Å². The standard InChI is InChI=1S/C12H13N3O2S/c1-17-9-4-2-3-8(5-9)15-11(12(13)16)10-6-14-7-18-10/h2-7,11,15H,1H3,(H2,13,16). The highest BCUT2D eigenvalue weighted by Gasteiger charge is 2.19. The Morgan fingerprint density at radius 2 is 2.39 bits per heavy atom. The van der Waals surface area contributed by atoms with Gasteiger partial charge in [0.05, 0.1) is 17.5 Å². The number of hydrogen-bond acceptors (Lipinski definition) is 5. The summed E-state index contributed by atoms with van der Waals surface area (Å²) in [6.45, 7) is 0. The third-order valence-electron chi connectivity index (χ3n) is 2.40. The summed E-state index contributed by atoms with van der Waals surface area (Å²) in [5.74, 6) is 0.273. The van der Waals surface area contributed by atoms with Gasteiger partial charge in [0.15, 0.2) is 0 Å². The summed E-state index contributed by atoms with van der Waals surface area (Å²) in [6, 6.07) is 6.74. The topological polar surface area (TPSA) is 77.2 Å². The molecule has 2 aromatic rings. The molecule has 94 valence electrons. The number of amides is 1. The average molecular weight is 263 g/mol. The van der Waals surface area contributed by atoms with Crippen molar-refractivity contribution < 1.29 is 9.53 Å². The van der Waals surface area contributed by atoms with Crippen LogP contribution in [0.2, 0.25) is 0 Å². The number of thiazole rings is 1. The minimum Gasteiger partial charge on any atom is -0.497 e. The fourth-order valence-corrected chi connectivity index (χ4v) is 2.21. The van der Waals surface area contributed by atoms with Crippen molar-refractivity contribution in [3.63, 3.8) is 0 Å². The largest absolute Gasteiger partial charge is 0.497 e. The number of benzene rings is 1. The molecule has 0 spiro atoms. The summed E-state index contributed by atoms with van der Waals surface area (Å²) in [4.78, 5) is 16.2. The molecular formula is C12H13N3O2S. The highest BCUT2D eigenvalue weighted by Crippen LogP contribution is 2.24. The minimum absolute atomic E-state index is 0.443. The quantitative estimate of drug-likeness (QED) is 0.862. The van der Waals surface area contributed by atoms with E-state index in [2.05, 4.69) is 10.3 Å². The van der Waals surface area contributed by atoms with Gasteiger partial charge in [-0.25, -0.2) is 0 Å². The predicted octanol–water partition coefficient (Wildman–Crippen LogP) is 1.79. The average Bonchev–Trinajstić information content (AvgIpc) is 2.89. The van der Waals surface area contributed by atoms with Crippen molar-refractivity contribution in [2.75, 3.05) is 12.4 Å². The van der Waals surface area contributed by atoms with Gasteiger partial charge in [0.25, 0.3) is 0 Å². The third kappa shape index (κ3) is 2.78. The van der Waals surface area contributed by atoms with Crippen LogP contribution in [0.25, 0.3) is 0 Å². The summed E-state index contributed by atoms with van der Waals surface area (Å²) in [5, 5.41) is 3.07. The van der Waals surface area contributed by atoms with E-state index in [4.69, 9.17) is 10.5 Å². The first-order valence-electron chi connectivity index (χ1n) is 5.29. The van der Waals surface area contributed by atoms with E-state index in [1.54, 1.807) is 24.9 Å². The molecule has 1 atom stereocenters. The molecule has 0 aliphatic carbocycles. The summed E-state index contributed by atoms with van der Waals surface area (Å²) in [5.41, 5.74) is 7.83. The van der Waals surface area contributed by atoms with Gasteiger partial charge in [-0.3, -0.25) is 9.78 Å². The van der Waals surface area contributed by atoms with E-state index in [0.717, 1.165) is 10.6 Å². The summed E-state index contributed by atoms with van der Waals surface area (Å²) in [7, 11) is 1.59. The van der Waals surface area contributed by atoms with Crippen molar-refractivity contribution in [2.24, 2.45) is 5.73 Å². The molecule has 0 radical (unpaired) electrons. The van der Waals surface area contributed by atoms with Gasteiger partial charge in [-0.2, -0.15) is 0 Å². The Morgan fingerprint density at radius 3 is 3.00 bits per heavy atom. The Kier molecular flexibility index (Phi) is 3.78. The van der Waals surface area contributed by atoms with Crippen LogP contribution in [0.5, 0.6) is 5.75 Å². The lowest BCUT2D eigenvalue weighted by molar-refractivity contribution is -0.118. The van der Waals surface area contributed by atoms with E-state index in [1.165, 1.54) is 11.3 Å². The number of rotatable bonds is 5. The van der Waals surface area contributed by atoms with Crippen molar-refractivity contribution in [2.45, 2.75) is 6.04 Å². The van der Waals surface area contributed by atoms with Crippen LogP contribution in [0.1, 0.15) is 10.9 Å². The summed E-state index contributed by atoms with van der Waals surface area (Å²) < 4.78 is 5.12. The number of aromatic nitrogens is 1. The fraction of sp³-hybridized carbons (Fsp3) is 0.167. The van der Waals surface area contributed by atoms with Gasteiger partial charge in [0.2, 0.25) is 5.91 Å². The number of methoxy groups -OCH3 is 1. The zero-order valence-electron chi connectivity index (χ0n) is 9.79. The summed E-state index contributed by atoms with van der Waals surface area (Å²) >= 11 is 1.38. The summed E-state index contributed by atoms with van der Waals surface area (Å²) in [6.07, 6.45) is 1.63. The molecule has 0 saturated heterocycles. The molecule has 1 unspecified atom stereocenters. The number of anilines is 1. The number of primary amides is 1. The highest BCUT2D eigenvalue weighted by molar-refractivity contribution is 7.09. The molecule has 1 aromatic carbocycles. The second-order valence-electron chi connectivity index (χ2n) is 3.62. The van der Waals surface area contributed by atoms with Crippen molar-refractivity contribution in [1.82, 2.24) is 4.98 Å². The molecular weight excluding hydrogens is 250 g/mol. The Balaban J connectivity index is 2.21. The number of nitrogens with zero attached hydrogens (tertiary/aromatic N) is 1.